The molecule has 0 saturated carbocycles. The minimum absolute atomic E-state index is 0.519. The van der Waals surface area contributed by atoms with Crippen LogP contribution in [-0.2, 0) is 13.6 Å². The lowest BCUT2D eigenvalue weighted by molar-refractivity contribution is 0.667. The molecule has 0 aliphatic heterocycles. The summed E-state index contributed by atoms with van der Waals surface area (Å²) in [5.41, 5.74) is 4.73. The highest BCUT2D eigenvalue weighted by Crippen LogP contribution is 2.20. The van der Waals surface area contributed by atoms with E-state index in [1.165, 1.54) is 0 Å². The molecule has 0 aliphatic rings. The second-order valence-electron chi connectivity index (χ2n) is 5.77. The van der Waals surface area contributed by atoms with Crippen LogP contribution < -0.4 is 0 Å². The van der Waals surface area contributed by atoms with Crippen LogP contribution in [0.25, 0.3) is 33.6 Å². The van der Waals surface area contributed by atoms with Gasteiger partial charge in [-0.3, -0.25) is 4.68 Å². The molecule has 0 aromatic carbocycles. The highest BCUT2D eigenvalue weighted by molar-refractivity contribution is 5.79. The molecular formula is C16H13N9. The van der Waals surface area contributed by atoms with E-state index in [1.54, 1.807) is 28.0 Å². The van der Waals surface area contributed by atoms with Gasteiger partial charge in [-0.25, -0.2) is 19.6 Å². The number of hydrogen-bond acceptors (Lipinski definition) is 6. The Morgan fingerprint density at radius 2 is 2.16 bits per heavy atom. The lowest BCUT2D eigenvalue weighted by atomic mass is 10.2. The zero-order chi connectivity index (χ0) is 16.8. The molecule has 5 aromatic rings. The number of rotatable bonds is 3. The second-order valence-corrected chi connectivity index (χ2v) is 5.77. The summed E-state index contributed by atoms with van der Waals surface area (Å²) in [5, 5.41) is 13.6. The minimum Gasteiger partial charge on any atom is -0.346 e. The first-order valence-electron chi connectivity index (χ1n) is 7.74. The van der Waals surface area contributed by atoms with Gasteiger partial charge in [0, 0.05) is 42.2 Å². The van der Waals surface area contributed by atoms with E-state index < -0.39 is 0 Å². The molecule has 9 heteroatoms. The van der Waals surface area contributed by atoms with Crippen LogP contribution in [0.15, 0.2) is 43.1 Å². The molecule has 0 bridgehead atoms. The van der Waals surface area contributed by atoms with Crippen molar-refractivity contribution in [3.63, 3.8) is 0 Å². The van der Waals surface area contributed by atoms with E-state index in [2.05, 4.69) is 35.3 Å². The lowest BCUT2D eigenvalue weighted by Crippen LogP contribution is -2.03. The maximum atomic E-state index is 4.68. The largest absolute Gasteiger partial charge is 0.346 e. The van der Waals surface area contributed by atoms with Crippen molar-refractivity contribution in [2.45, 2.75) is 6.54 Å². The summed E-state index contributed by atoms with van der Waals surface area (Å²) < 4.78 is 3.48. The van der Waals surface area contributed by atoms with Crippen molar-refractivity contribution < 1.29 is 0 Å². The number of hydrogen-bond donors (Lipinski definition) is 1. The summed E-state index contributed by atoms with van der Waals surface area (Å²) in [5.74, 6) is 0. The topological polar surface area (TPSA) is 103 Å². The fraction of sp³-hybridized carbons (Fsp3) is 0.125. The van der Waals surface area contributed by atoms with Crippen LogP contribution in [0.3, 0.4) is 0 Å². The number of aryl methyl sites for hydroxylation is 1. The van der Waals surface area contributed by atoms with E-state index in [0.717, 1.165) is 27.9 Å². The van der Waals surface area contributed by atoms with Crippen LogP contribution in [0.2, 0.25) is 0 Å². The quantitative estimate of drug-likeness (QED) is 0.538. The summed E-state index contributed by atoms with van der Waals surface area (Å²) in [7, 11) is 1.87. The standard InChI is InChI=1S/C16H13N9/c1-24-8-11(6-20-24)13-7-19-15-16(21-13)25(23-22-15)9-10-5-18-14-12(10)3-2-4-17-14/h2-8H,9H2,1H3,(H,17,18). The summed E-state index contributed by atoms with van der Waals surface area (Å²) in [6.45, 7) is 0.535. The van der Waals surface area contributed by atoms with Gasteiger partial charge >= 0.3 is 0 Å². The van der Waals surface area contributed by atoms with Crippen molar-refractivity contribution in [1.29, 1.82) is 0 Å². The van der Waals surface area contributed by atoms with Gasteiger partial charge < -0.3 is 4.98 Å². The van der Waals surface area contributed by atoms with E-state index in [-0.39, 0.29) is 0 Å². The first-order valence-corrected chi connectivity index (χ1v) is 7.74. The van der Waals surface area contributed by atoms with Crippen LogP contribution in [0, 0.1) is 0 Å². The Bertz CT molecular complexity index is 1200. The molecule has 0 radical (unpaired) electrons. The third kappa shape index (κ3) is 2.24. The summed E-state index contributed by atoms with van der Waals surface area (Å²) in [6.07, 6.45) is 9.04. The summed E-state index contributed by atoms with van der Waals surface area (Å²) in [4.78, 5) is 16.5. The molecule has 0 fully saturated rings. The highest BCUT2D eigenvalue weighted by atomic mass is 15.5. The normalized spacial score (nSPS) is 11.6. The van der Waals surface area contributed by atoms with Gasteiger partial charge in [-0.1, -0.05) is 5.21 Å². The SMILES string of the molecule is Cn1cc(-c2cnc3nnn(Cc4c[nH]c5ncccc45)c3n2)cn1. The van der Waals surface area contributed by atoms with E-state index in [4.69, 9.17) is 0 Å². The minimum atomic E-state index is 0.519. The van der Waals surface area contributed by atoms with E-state index in [0.29, 0.717) is 17.8 Å². The molecule has 0 spiro atoms. The smallest absolute Gasteiger partial charge is 0.221 e. The number of fused-ring (bicyclic) bond motifs is 2. The maximum absolute atomic E-state index is 4.68. The fourth-order valence-electron chi connectivity index (χ4n) is 2.86. The van der Waals surface area contributed by atoms with Gasteiger partial charge in [-0.2, -0.15) is 5.10 Å². The van der Waals surface area contributed by atoms with Gasteiger partial charge in [-0.05, 0) is 12.1 Å². The number of pyridine rings is 1. The Balaban J connectivity index is 1.59. The monoisotopic (exact) mass is 331 g/mol. The fourth-order valence-corrected chi connectivity index (χ4v) is 2.86. The van der Waals surface area contributed by atoms with Gasteiger partial charge in [0.25, 0.3) is 0 Å². The van der Waals surface area contributed by atoms with Crippen LogP contribution >= 0.6 is 0 Å². The van der Waals surface area contributed by atoms with Crippen molar-refractivity contribution in [3.8, 4) is 11.3 Å². The predicted octanol–water partition coefficient (Wildman–Crippen LogP) is 1.55. The zero-order valence-corrected chi connectivity index (χ0v) is 13.3. The zero-order valence-electron chi connectivity index (χ0n) is 13.3. The number of H-pyrrole nitrogens is 1. The van der Waals surface area contributed by atoms with Crippen LogP contribution in [0.5, 0.6) is 0 Å². The Labute approximate surface area is 141 Å². The molecule has 0 atom stereocenters. The molecule has 0 aliphatic carbocycles. The molecule has 122 valence electrons. The number of aromatic amines is 1. The molecule has 0 unspecified atom stereocenters. The molecule has 0 amide bonds. The second kappa shape index (κ2) is 5.20. The summed E-state index contributed by atoms with van der Waals surface area (Å²) in [6, 6.07) is 3.94. The van der Waals surface area contributed by atoms with Gasteiger partial charge in [-0.15, -0.1) is 5.10 Å². The number of nitrogens with one attached hydrogen (secondary N) is 1. The molecule has 5 aromatic heterocycles. The Hall–Kier alpha value is -3.62. The van der Waals surface area contributed by atoms with Crippen LogP contribution in [-0.4, -0.2) is 44.7 Å². The average molecular weight is 331 g/mol. The van der Waals surface area contributed by atoms with Crippen molar-refractivity contribution in [3.05, 3.63) is 48.7 Å². The molecule has 9 nitrogen and oxygen atoms in total. The number of nitrogens with zero attached hydrogens (tertiary/aromatic N) is 8. The van der Waals surface area contributed by atoms with Crippen molar-refractivity contribution in [2.24, 2.45) is 7.05 Å². The predicted molar refractivity (Wildman–Crippen MR) is 90.5 cm³/mol. The Kier molecular flexibility index (Phi) is 2.87. The third-order valence-electron chi connectivity index (χ3n) is 4.08. The Morgan fingerprint density at radius 1 is 1.20 bits per heavy atom. The average Bonchev–Trinajstić information content (AvgIpc) is 3.35. The third-order valence-corrected chi connectivity index (χ3v) is 4.08. The van der Waals surface area contributed by atoms with Crippen molar-refractivity contribution in [2.75, 3.05) is 0 Å². The molecule has 5 heterocycles. The molecule has 25 heavy (non-hydrogen) atoms. The summed E-state index contributed by atoms with van der Waals surface area (Å²) >= 11 is 0. The van der Waals surface area contributed by atoms with Gasteiger partial charge in [0.2, 0.25) is 5.65 Å². The molecular weight excluding hydrogens is 318 g/mol. The first kappa shape index (κ1) is 13.8. The molecule has 5 rings (SSSR count). The van der Waals surface area contributed by atoms with Crippen molar-refractivity contribution in [1.82, 2.24) is 44.7 Å². The molecule has 1 N–H and O–H groups in total. The van der Waals surface area contributed by atoms with E-state index in [1.807, 2.05) is 31.6 Å². The van der Waals surface area contributed by atoms with E-state index in [9.17, 15) is 0 Å². The van der Waals surface area contributed by atoms with Crippen molar-refractivity contribution >= 4 is 22.3 Å². The van der Waals surface area contributed by atoms with Gasteiger partial charge in [0.15, 0.2) is 5.65 Å². The highest BCUT2D eigenvalue weighted by Gasteiger charge is 2.13. The van der Waals surface area contributed by atoms with Crippen LogP contribution in [0.4, 0.5) is 0 Å². The maximum Gasteiger partial charge on any atom is 0.221 e. The number of aromatic nitrogens is 9. The first-order chi connectivity index (χ1) is 12.3. The van der Waals surface area contributed by atoms with E-state index >= 15 is 0 Å². The Morgan fingerprint density at radius 3 is 3.04 bits per heavy atom. The molecule has 0 saturated heterocycles. The van der Waals surface area contributed by atoms with Crippen LogP contribution in [0.1, 0.15) is 5.56 Å². The van der Waals surface area contributed by atoms with Gasteiger partial charge in [0.1, 0.15) is 5.65 Å². The van der Waals surface area contributed by atoms with Gasteiger partial charge in [0.05, 0.1) is 24.6 Å². The lowest BCUT2D eigenvalue weighted by Gasteiger charge is -2.01.